The van der Waals surface area contributed by atoms with Gasteiger partial charge in [0.15, 0.2) is 5.69 Å². The van der Waals surface area contributed by atoms with Crippen molar-refractivity contribution in [3.05, 3.63) is 34.9 Å². The molecule has 2 amide bonds. The van der Waals surface area contributed by atoms with E-state index in [0.717, 1.165) is 5.69 Å². The minimum Gasteiger partial charge on any atom is -0.336 e. The smallest absolute Gasteiger partial charge is 0.274 e. The van der Waals surface area contributed by atoms with Crippen LogP contribution in [0.4, 0.5) is 8.78 Å². The van der Waals surface area contributed by atoms with E-state index in [1.807, 2.05) is 13.8 Å². The number of carbonyl (C=O) groups is 2. The zero-order chi connectivity index (χ0) is 20.2. The third-order valence-corrected chi connectivity index (χ3v) is 5.41. The predicted molar refractivity (Wildman–Crippen MR) is 95.1 cm³/mol. The average molecular weight is 392 g/mol. The first-order chi connectivity index (χ1) is 13.2. The monoisotopic (exact) mass is 392 g/mol. The molecule has 2 aromatic heterocycles. The lowest BCUT2D eigenvalue weighted by atomic mass is 9.72. The molecule has 0 aromatic carbocycles. The third-order valence-electron chi connectivity index (χ3n) is 5.41. The van der Waals surface area contributed by atoms with Crippen LogP contribution >= 0.6 is 0 Å². The lowest BCUT2D eigenvalue weighted by molar-refractivity contribution is -0.0826. The topological polar surface area (TPSA) is 87.1 Å². The summed E-state index contributed by atoms with van der Waals surface area (Å²) >= 11 is 0. The van der Waals surface area contributed by atoms with Gasteiger partial charge in [0.1, 0.15) is 5.69 Å². The molecule has 10 heteroatoms. The minimum atomic E-state index is -2.75. The average Bonchev–Trinajstić information content (AvgIpc) is 3.18. The van der Waals surface area contributed by atoms with Gasteiger partial charge < -0.3 is 9.80 Å². The normalized spacial score (nSPS) is 18.0. The fourth-order valence-electron chi connectivity index (χ4n) is 3.90. The largest absolute Gasteiger partial charge is 0.336 e. The maximum atomic E-state index is 13.1. The molecule has 2 saturated heterocycles. The van der Waals surface area contributed by atoms with Crippen molar-refractivity contribution in [2.24, 2.45) is 12.5 Å². The summed E-state index contributed by atoms with van der Waals surface area (Å²) in [6.07, 6.45) is -1.57. The third kappa shape index (κ3) is 2.96. The fraction of sp³-hybridized carbons (Fsp3) is 0.556. The number of nitrogens with one attached hydrogen (secondary N) is 1. The Bertz CT molecular complexity index is 920. The summed E-state index contributed by atoms with van der Waals surface area (Å²) in [5, 5.41) is 10.8. The van der Waals surface area contributed by atoms with Crippen LogP contribution in [0.3, 0.4) is 0 Å². The number of carbonyl (C=O) groups excluding carboxylic acids is 2. The predicted octanol–water partition coefficient (Wildman–Crippen LogP) is 1.80. The van der Waals surface area contributed by atoms with Crippen LogP contribution in [0, 0.1) is 5.41 Å². The quantitative estimate of drug-likeness (QED) is 0.860. The van der Waals surface area contributed by atoms with Gasteiger partial charge in [-0.05, 0) is 12.0 Å². The number of hydrogen-bond donors (Lipinski definition) is 1. The highest BCUT2D eigenvalue weighted by molar-refractivity contribution is 5.95. The summed E-state index contributed by atoms with van der Waals surface area (Å²) in [5.74, 6) is -0.365. The molecule has 0 bridgehead atoms. The molecule has 4 rings (SSSR count). The van der Waals surface area contributed by atoms with Crippen molar-refractivity contribution in [3.63, 3.8) is 0 Å². The Morgan fingerprint density at radius 1 is 1.14 bits per heavy atom. The van der Waals surface area contributed by atoms with Gasteiger partial charge >= 0.3 is 0 Å². The number of aryl methyl sites for hydroxylation is 1. The van der Waals surface area contributed by atoms with E-state index < -0.39 is 12.3 Å². The van der Waals surface area contributed by atoms with Crippen LogP contribution in [0.25, 0.3) is 0 Å². The van der Waals surface area contributed by atoms with Gasteiger partial charge in [-0.3, -0.25) is 19.4 Å². The summed E-state index contributed by atoms with van der Waals surface area (Å²) in [6.45, 7) is 5.97. The molecular formula is C18H22F2N6O2. The molecule has 0 atom stereocenters. The van der Waals surface area contributed by atoms with Gasteiger partial charge in [-0.25, -0.2) is 8.78 Å². The molecule has 28 heavy (non-hydrogen) atoms. The summed E-state index contributed by atoms with van der Waals surface area (Å²) in [6, 6.07) is 1.77. The highest BCUT2D eigenvalue weighted by Gasteiger charge is 2.55. The number of H-pyrrole nitrogens is 1. The Balaban J connectivity index is 1.35. The Hall–Kier alpha value is -2.78. The summed E-state index contributed by atoms with van der Waals surface area (Å²) in [7, 11) is 1.51. The lowest BCUT2D eigenvalue weighted by Gasteiger charge is -2.59. The zero-order valence-electron chi connectivity index (χ0n) is 15.9. The molecular weight excluding hydrogens is 370 g/mol. The van der Waals surface area contributed by atoms with Crippen molar-refractivity contribution in [2.75, 3.05) is 26.2 Å². The standard InChI is InChI=1S/C18H22F2N6O2/c1-10(2)12-4-13(22-21-12)16(27)25-6-18(7-25)8-26(9-18)17(28)14-11(15(19)20)5-24(3)23-14/h4-5,10,15H,6-9H2,1-3H3,(H,21,22). The highest BCUT2D eigenvalue weighted by atomic mass is 19.3. The number of halogens is 2. The van der Waals surface area contributed by atoms with Crippen LogP contribution in [0.2, 0.25) is 0 Å². The Labute approximate surface area is 160 Å². The number of nitrogens with zero attached hydrogens (tertiary/aromatic N) is 5. The maximum Gasteiger partial charge on any atom is 0.274 e. The van der Waals surface area contributed by atoms with Crippen molar-refractivity contribution < 1.29 is 18.4 Å². The van der Waals surface area contributed by atoms with Gasteiger partial charge in [0.05, 0.1) is 5.56 Å². The number of rotatable bonds is 4. The second kappa shape index (κ2) is 6.39. The van der Waals surface area contributed by atoms with Crippen molar-refractivity contribution >= 4 is 11.8 Å². The van der Waals surface area contributed by atoms with E-state index in [9.17, 15) is 18.4 Å². The molecule has 0 unspecified atom stereocenters. The fourth-order valence-corrected chi connectivity index (χ4v) is 3.90. The molecule has 8 nitrogen and oxygen atoms in total. The first-order valence-corrected chi connectivity index (χ1v) is 9.15. The summed E-state index contributed by atoms with van der Waals surface area (Å²) < 4.78 is 27.4. The lowest BCUT2D eigenvalue weighted by Crippen LogP contribution is -2.73. The van der Waals surface area contributed by atoms with E-state index in [2.05, 4.69) is 15.3 Å². The van der Waals surface area contributed by atoms with Crippen LogP contribution in [-0.4, -0.2) is 67.8 Å². The second-order valence-electron chi connectivity index (χ2n) is 8.09. The maximum absolute atomic E-state index is 13.1. The van der Waals surface area contributed by atoms with Crippen LogP contribution in [0.1, 0.15) is 58.4 Å². The van der Waals surface area contributed by atoms with Gasteiger partial charge in [0, 0.05) is 50.5 Å². The molecule has 2 aliphatic heterocycles. The van der Waals surface area contributed by atoms with Crippen LogP contribution in [-0.2, 0) is 7.05 Å². The first kappa shape index (κ1) is 18.6. The van der Waals surface area contributed by atoms with E-state index in [1.165, 1.54) is 22.8 Å². The molecule has 2 aromatic rings. The van der Waals surface area contributed by atoms with Gasteiger partial charge in [0.2, 0.25) is 0 Å². The van der Waals surface area contributed by atoms with E-state index in [-0.39, 0.29) is 28.5 Å². The van der Waals surface area contributed by atoms with Crippen molar-refractivity contribution in [3.8, 4) is 0 Å². The van der Waals surface area contributed by atoms with E-state index in [0.29, 0.717) is 31.9 Å². The molecule has 2 aliphatic rings. The molecule has 150 valence electrons. The SMILES string of the molecule is CC(C)c1cc(C(=O)N2CC3(C2)CN(C(=O)c2nn(C)cc2C(F)F)C3)n[nH]1. The Kier molecular flexibility index (Phi) is 4.24. The number of likely N-dealkylation sites (tertiary alicyclic amines) is 2. The van der Waals surface area contributed by atoms with Crippen molar-refractivity contribution in [1.29, 1.82) is 0 Å². The molecule has 1 N–H and O–H groups in total. The summed E-state index contributed by atoms with van der Waals surface area (Å²) in [5.41, 5.74) is 0.600. The number of aromatic nitrogens is 4. The molecule has 2 fully saturated rings. The number of aromatic amines is 1. The van der Waals surface area contributed by atoms with Gasteiger partial charge in [0.25, 0.3) is 18.2 Å². The van der Waals surface area contributed by atoms with Crippen LogP contribution in [0.5, 0.6) is 0 Å². The molecule has 4 heterocycles. The van der Waals surface area contributed by atoms with Crippen LogP contribution in [0.15, 0.2) is 12.3 Å². The van der Waals surface area contributed by atoms with Crippen molar-refractivity contribution in [2.45, 2.75) is 26.2 Å². The number of hydrogen-bond acceptors (Lipinski definition) is 4. The molecule has 0 aliphatic carbocycles. The highest BCUT2D eigenvalue weighted by Crippen LogP contribution is 2.41. The van der Waals surface area contributed by atoms with E-state index >= 15 is 0 Å². The molecule has 1 spiro atoms. The molecule has 0 saturated carbocycles. The molecule has 0 radical (unpaired) electrons. The first-order valence-electron chi connectivity index (χ1n) is 9.15. The van der Waals surface area contributed by atoms with E-state index in [4.69, 9.17) is 0 Å². The summed E-state index contributed by atoms with van der Waals surface area (Å²) in [4.78, 5) is 28.3. The van der Waals surface area contributed by atoms with Crippen LogP contribution < -0.4 is 0 Å². The second-order valence-corrected chi connectivity index (χ2v) is 8.09. The minimum absolute atomic E-state index is 0.136. The number of alkyl halides is 2. The van der Waals surface area contributed by atoms with Gasteiger partial charge in [-0.1, -0.05) is 13.8 Å². The van der Waals surface area contributed by atoms with Gasteiger partial charge in [-0.15, -0.1) is 0 Å². The number of amides is 2. The Morgan fingerprint density at radius 3 is 2.29 bits per heavy atom. The van der Waals surface area contributed by atoms with E-state index in [1.54, 1.807) is 11.0 Å². The zero-order valence-corrected chi connectivity index (χ0v) is 15.9. The van der Waals surface area contributed by atoms with Crippen molar-refractivity contribution in [1.82, 2.24) is 29.8 Å². The Morgan fingerprint density at radius 2 is 1.75 bits per heavy atom. The van der Waals surface area contributed by atoms with Gasteiger partial charge in [-0.2, -0.15) is 10.2 Å².